The zero-order chi connectivity index (χ0) is 23.6. The predicted molar refractivity (Wildman–Crippen MR) is 123 cm³/mol. The van der Waals surface area contributed by atoms with Crippen molar-refractivity contribution in [1.29, 1.82) is 5.26 Å². The average Bonchev–Trinajstić information content (AvgIpc) is 3.59. The number of carboxylic acids is 1. The highest BCUT2D eigenvalue weighted by molar-refractivity contribution is 6.31. The van der Waals surface area contributed by atoms with E-state index < -0.39 is 23.7 Å². The molecule has 0 unspecified atom stereocenters. The van der Waals surface area contributed by atoms with E-state index in [1.54, 1.807) is 6.07 Å². The van der Waals surface area contributed by atoms with Crippen molar-refractivity contribution in [2.24, 2.45) is 17.8 Å². The summed E-state index contributed by atoms with van der Waals surface area (Å²) in [5.41, 5.74) is 1.61. The Morgan fingerprint density at radius 3 is 2.65 bits per heavy atom. The van der Waals surface area contributed by atoms with Crippen molar-refractivity contribution in [3.63, 3.8) is 0 Å². The molecule has 3 N–H and O–H groups in total. The Hall–Kier alpha value is -3.25. The molecule has 0 spiro atoms. The summed E-state index contributed by atoms with van der Waals surface area (Å²) in [5.74, 6) is -1.85. The quantitative estimate of drug-likeness (QED) is 0.475. The third-order valence-electron chi connectivity index (χ3n) is 7.69. The summed E-state index contributed by atoms with van der Waals surface area (Å²) in [6, 6.07) is 3.43. The highest BCUT2D eigenvalue weighted by Gasteiger charge is 2.48. The number of hydrogen-bond acceptors (Lipinski definition) is 6. The first-order chi connectivity index (χ1) is 16.5. The molecule has 8 nitrogen and oxygen atoms in total. The van der Waals surface area contributed by atoms with Crippen molar-refractivity contribution < 1.29 is 14.3 Å². The molecule has 2 bridgehead atoms. The largest absolute Gasteiger partial charge is 0.481 e. The van der Waals surface area contributed by atoms with Gasteiger partial charge in [0.25, 0.3) is 0 Å². The van der Waals surface area contributed by atoms with Crippen LogP contribution in [0, 0.1) is 34.9 Å². The maximum atomic E-state index is 15.9. The number of hydrogen-bond donors (Lipinski definition) is 3. The van der Waals surface area contributed by atoms with Crippen LogP contribution in [0.3, 0.4) is 0 Å². The first kappa shape index (κ1) is 21.3. The first-order valence-corrected chi connectivity index (χ1v) is 12.0. The average molecular weight is 481 g/mol. The molecule has 2 atom stereocenters. The highest BCUT2D eigenvalue weighted by atomic mass is 35.5. The van der Waals surface area contributed by atoms with Gasteiger partial charge in [-0.25, -0.2) is 14.4 Å². The van der Waals surface area contributed by atoms with Crippen LogP contribution in [0.15, 0.2) is 12.3 Å². The molecule has 0 aromatic carbocycles. The fourth-order valence-electron chi connectivity index (χ4n) is 5.95. The number of nitriles is 1. The fraction of sp³-hybridized carbons (Fsp3) is 0.458. The zero-order valence-corrected chi connectivity index (χ0v) is 18.9. The van der Waals surface area contributed by atoms with Gasteiger partial charge in [-0.2, -0.15) is 10.4 Å². The van der Waals surface area contributed by atoms with E-state index in [-0.39, 0.29) is 34.8 Å². The lowest BCUT2D eigenvalue weighted by Gasteiger charge is -2.47. The maximum absolute atomic E-state index is 15.9. The van der Waals surface area contributed by atoms with Crippen LogP contribution < -0.4 is 5.32 Å². The minimum absolute atomic E-state index is 0.00237. The van der Waals surface area contributed by atoms with Crippen LogP contribution in [-0.4, -0.2) is 37.3 Å². The Labute approximate surface area is 199 Å². The molecule has 34 heavy (non-hydrogen) atoms. The van der Waals surface area contributed by atoms with Gasteiger partial charge < -0.3 is 10.4 Å². The Morgan fingerprint density at radius 2 is 1.97 bits per heavy atom. The summed E-state index contributed by atoms with van der Waals surface area (Å²) in [7, 11) is 0. The van der Waals surface area contributed by atoms with E-state index in [2.05, 4.69) is 31.6 Å². The number of aromatic amines is 1. The van der Waals surface area contributed by atoms with E-state index in [0.717, 1.165) is 38.5 Å². The van der Waals surface area contributed by atoms with Gasteiger partial charge in [-0.15, -0.1) is 0 Å². The Kier molecular flexibility index (Phi) is 4.96. The third-order valence-corrected chi connectivity index (χ3v) is 7.90. The lowest BCUT2D eigenvalue weighted by molar-refractivity contribution is -0.148. The summed E-state index contributed by atoms with van der Waals surface area (Å²) < 4.78 is 15.9. The normalized spacial score (nSPS) is 25.9. The number of carboxylic acid groups (broad SMARTS) is 1. The van der Waals surface area contributed by atoms with Crippen molar-refractivity contribution in [3.05, 3.63) is 34.2 Å². The van der Waals surface area contributed by atoms with Gasteiger partial charge in [-0.3, -0.25) is 9.89 Å². The number of carbonyl (C=O) groups is 1. The summed E-state index contributed by atoms with van der Waals surface area (Å²) in [6.45, 7) is 0. The molecular weight excluding hydrogens is 459 g/mol. The number of rotatable bonds is 5. The van der Waals surface area contributed by atoms with Crippen LogP contribution >= 0.6 is 11.6 Å². The summed E-state index contributed by atoms with van der Waals surface area (Å²) >= 11 is 6.15. The minimum Gasteiger partial charge on any atom is -0.481 e. The van der Waals surface area contributed by atoms with Crippen molar-refractivity contribution in [1.82, 2.24) is 20.2 Å². The summed E-state index contributed by atoms with van der Waals surface area (Å²) in [5, 5.41) is 31.2. The fourth-order valence-corrected chi connectivity index (χ4v) is 6.11. The monoisotopic (exact) mass is 480 g/mol. The van der Waals surface area contributed by atoms with E-state index in [1.807, 2.05) is 0 Å². The highest BCUT2D eigenvalue weighted by Crippen LogP contribution is 2.49. The van der Waals surface area contributed by atoms with Crippen LogP contribution in [0.5, 0.6) is 0 Å². The molecule has 7 rings (SSSR count). The van der Waals surface area contributed by atoms with Crippen LogP contribution in [0.1, 0.15) is 55.6 Å². The molecule has 4 saturated carbocycles. The van der Waals surface area contributed by atoms with E-state index in [1.165, 1.54) is 6.20 Å². The molecule has 3 aromatic rings. The number of pyridine rings is 2. The number of halogens is 2. The van der Waals surface area contributed by atoms with Crippen LogP contribution in [0.25, 0.3) is 22.4 Å². The number of nitrogens with zero attached hydrogens (tertiary/aromatic N) is 4. The lowest BCUT2D eigenvalue weighted by Crippen LogP contribution is -2.51. The van der Waals surface area contributed by atoms with Gasteiger partial charge in [-0.05, 0) is 62.3 Å². The summed E-state index contributed by atoms with van der Waals surface area (Å²) in [4.78, 5) is 20.9. The lowest BCUT2D eigenvalue weighted by atomic mass is 9.61. The van der Waals surface area contributed by atoms with Gasteiger partial charge in [0, 0.05) is 23.2 Å². The molecule has 0 radical (unpaired) electrons. The van der Waals surface area contributed by atoms with Crippen molar-refractivity contribution in [3.8, 4) is 17.5 Å². The smallest absolute Gasteiger partial charge is 0.308 e. The standard InChI is InChI=1S/C24H22ClFN6O2/c25-13-7-14-21(31-32-22(14)28-9-13)20-15(8-27)16(10-1-2-10)18(26)23(30-20)29-19-12-5-3-11(4-6-12)17(19)24(33)34/h7,9-12,17,19H,1-6H2,(H,29,30)(H,33,34)(H,28,31,32)/t11?,12?,17-,19-/m0/s1. The number of fused-ring (bicyclic) bond motifs is 4. The van der Waals surface area contributed by atoms with E-state index in [9.17, 15) is 15.2 Å². The first-order valence-electron chi connectivity index (χ1n) is 11.6. The van der Waals surface area contributed by atoms with Crippen LogP contribution in [-0.2, 0) is 4.79 Å². The maximum Gasteiger partial charge on any atom is 0.308 e. The molecule has 4 fully saturated rings. The SMILES string of the molecule is N#Cc1c(-c2[nH]nc3ncc(Cl)cc23)nc(N[C@H]2C3CCC(CC3)[C@@H]2C(=O)O)c(F)c1C1CC1. The second-order valence-corrected chi connectivity index (χ2v) is 10.1. The second-order valence-electron chi connectivity index (χ2n) is 9.63. The molecule has 0 amide bonds. The summed E-state index contributed by atoms with van der Waals surface area (Å²) in [6.07, 6.45) is 6.66. The van der Waals surface area contributed by atoms with Gasteiger partial charge >= 0.3 is 5.97 Å². The Morgan fingerprint density at radius 1 is 1.24 bits per heavy atom. The van der Waals surface area contributed by atoms with E-state index >= 15 is 4.39 Å². The Balaban J connectivity index is 1.51. The zero-order valence-electron chi connectivity index (χ0n) is 18.2. The van der Waals surface area contributed by atoms with Gasteiger partial charge in [0.1, 0.15) is 11.8 Å². The molecule has 10 heteroatoms. The number of H-pyrrole nitrogens is 1. The Bertz CT molecular complexity index is 1360. The predicted octanol–water partition coefficient (Wildman–Crippen LogP) is 4.86. The molecule has 174 valence electrons. The van der Waals surface area contributed by atoms with Gasteiger partial charge in [0.15, 0.2) is 17.3 Å². The van der Waals surface area contributed by atoms with Crippen LogP contribution in [0.2, 0.25) is 5.02 Å². The number of aromatic nitrogens is 4. The molecule has 3 heterocycles. The molecule has 0 aliphatic heterocycles. The molecular formula is C24H22ClFN6O2. The number of aliphatic carboxylic acids is 1. The van der Waals surface area contributed by atoms with E-state index in [0.29, 0.717) is 27.3 Å². The number of anilines is 1. The molecule has 0 saturated heterocycles. The number of nitrogens with one attached hydrogen (secondary N) is 2. The van der Waals surface area contributed by atoms with Gasteiger partial charge in [0.05, 0.1) is 22.2 Å². The van der Waals surface area contributed by atoms with Crippen molar-refractivity contribution >= 4 is 34.4 Å². The molecule has 4 aliphatic rings. The van der Waals surface area contributed by atoms with Crippen molar-refractivity contribution in [2.45, 2.75) is 50.5 Å². The van der Waals surface area contributed by atoms with Gasteiger partial charge in [-0.1, -0.05) is 11.6 Å². The molecule has 4 aliphatic carbocycles. The van der Waals surface area contributed by atoms with Crippen LogP contribution in [0.4, 0.5) is 10.2 Å². The van der Waals surface area contributed by atoms with Crippen molar-refractivity contribution in [2.75, 3.05) is 5.32 Å². The minimum atomic E-state index is -0.858. The third kappa shape index (κ3) is 3.31. The topological polar surface area (TPSA) is 128 Å². The molecule has 3 aromatic heterocycles. The van der Waals surface area contributed by atoms with E-state index in [4.69, 9.17) is 11.6 Å². The van der Waals surface area contributed by atoms with Gasteiger partial charge in [0.2, 0.25) is 0 Å². The second kappa shape index (κ2) is 7.91.